The lowest BCUT2D eigenvalue weighted by atomic mass is 9.98. The molecule has 2 aliphatic carbocycles. The fraction of sp³-hybridized carbons (Fsp3) is 0.647. The van der Waals surface area contributed by atoms with Crippen LogP contribution < -0.4 is 0 Å². The van der Waals surface area contributed by atoms with Gasteiger partial charge in [0, 0.05) is 12.0 Å². The van der Waals surface area contributed by atoms with Crippen molar-refractivity contribution in [3.63, 3.8) is 0 Å². The molecular formula is C17H19F3O3. The van der Waals surface area contributed by atoms with Crippen LogP contribution in [0.4, 0.5) is 13.2 Å². The average Bonchev–Trinajstić information content (AvgIpc) is 2.76. The Bertz CT molecular complexity index is 636. The Morgan fingerprint density at radius 1 is 1.39 bits per heavy atom. The lowest BCUT2D eigenvalue weighted by molar-refractivity contribution is -0.198. The van der Waals surface area contributed by atoms with Crippen molar-refractivity contribution in [2.45, 2.75) is 52.8 Å². The Morgan fingerprint density at radius 2 is 1.96 bits per heavy atom. The molecular weight excluding hydrogens is 309 g/mol. The van der Waals surface area contributed by atoms with E-state index in [-0.39, 0.29) is 18.6 Å². The van der Waals surface area contributed by atoms with Crippen molar-refractivity contribution >= 4 is 11.8 Å². The van der Waals surface area contributed by atoms with Crippen LogP contribution in [0, 0.1) is 29.1 Å². The molecule has 2 aliphatic rings. The molecule has 3 unspecified atom stereocenters. The topological polar surface area (TPSA) is 43.4 Å². The summed E-state index contributed by atoms with van der Waals surface area (Å²) in [5, 5.41) is 0. The summed E-state index contributed by atoms with van der Waals surface area (Å²) in [7, 11) is 0. The molecule has 0 heterocycles. The highest BCUT2D eigenvalue weighted by Crippen LogP contribution is 2.75. The third-order valence-electron chi connectivity index (χ3n) is 5.58. The summed E-state index contributed by atoms with van der Waals surface area (Å²) in [6.45, 7) is 5.46. The highest BCUT2D eigenvalue weighted by Gasteiger charge is 2.83. The Kier molecular flexibility index (Phi) is 3.91. The first kappa shape index (κ1) is 17.6. The molecule has 0 saturated heterocycles. The largest absolute Gasteiger partial charge is 0.457 e. The number of terminal acetylenes is 1. The van der Waals surface area contributed by atoms with Crippen molar-refractivity contribution in [1.82, 2.24) is 0 Å². The Hall–Kier alpha value is -1.77. The van der Waals surface area contributed by atoms with Gasteiger partial charge in [0.05, 0.1) is 17.8 Å². The van der Waals surface area contributed by atoms with E-state index in [1.807, 2.05) is 0 Å². The van der Waals surface area contributed by atoms with Gasteiger partial charge < -0.3 is 4.74 Å². The maximum absolute atomic E-state index is 13.3. The molecule has 23 heavy (non-hydrogen) atoms. The van der Waals surface area contributed by atoms with Gasteiger partial charge in [-0.3, -0.25) is 9.59 Å². The monoisotopic (exact) mass is 328 g/mol. The second-order valence-electron chi connectivity index (χ2n) is 6.95. The highest BCUT2D eigenvalue weighted by atomic mass is 19.4. The smallest absolute Gasteiger partial charge is 0.395 e. The number of alkyl halides is 3. The second-order valence-corrected chi connectivity index (χ2v) is 6.95. The van der Waals surface area contributed by atoms with Crippen LogP contribution in [0.1, 0.15) is 40.5 Å². The molecule has 2 rings (SSSR count). The van der Waals surface area contributed by atoms with E-state index in [9.17, 15) is 22.8 Å². The first-order valence-corrected chi connectivity index (χ1v) is 7.33. The number of halogens is 3. The standard InChI is InChI=1S/C17H19F3O3/c1-6-7-10-9(2)12(8-11(10)21)23-14(22)13-15(3,4)16(13,5)17(18,19)20/h1,12-13H,7-8H2,2-5H3. The van der Waals surface area contributed by atoms with Crippen LogP contribution in [-0.2, 0) is 14.3 Å². The normalized spacial score (nSPS) is 32.7. The molecule has 1 fully saturated rings. The third-order valence-corrected chi connectivity index (χ3v) is 5.58. The quantitative estimate of drug-likeness (QED) is 0.589. The van der Waals surface area contributed by atoms with Crippen molar-refractivity contribution < 1.29 is 27.5 Å². The number of hydrogen-bond donors (Lipinski definition) is 0. The summed E-state index contributed by atoms with van der Waals surface area (Å²) in [6.07, 6.45) is -0.0383. The van der Waals surface area contributed by atoms with Crippen molar-refractivity contribution in [2.24, 2.45) is 16.7 Å². The molecule has 0 aromatic rings. The van der Waals surface area contributed by atoms with Crippen molar-refractivity contribution in [3.05, 3.63) is 11.1 Å². The molecule has 0 aromatic carbocycles. The Morgan fingerprint density at radius 3 is 2.39 bits per heavy atom. The maximum atomic E-state index is 13.3. The van der Waals surface area contributed by atoms with Crippen LogP contribution >= 0.6 is 0 Å². The summed E-state index contributed by atoms with van der Waals surface area (Å²) in [4.78, 5) is 24.1. The average molecular weight is 328 g/mol. The minimum absolute atomic E-state index is 0.0511. The number of carbonyl (C=O) groups excluding carboxylic acids is 2. The van der Waals surface area contributed by atoms with E-state index in [0.717, 1.165) is 6.92 Å². The zero-order chi connectivity index (χ0) is 17.8. The number of esters is 1. The molecule has 0 radical (unpaired) electrons. The van der Waals surface area contributed by atoms with E-state index in [2.05, 4.69) is 5.92 Å². The molecule has 0 spiro atoms. The lowest BCUT2D eigenvalue weighted by Crippen LogP contribution is -2.29. The molecule has 0 bridgehead atoms. The summed E-state index contributed by atoms with van der Waals surface area (Å²) in [5.41, 5.74) is -2.39. The van der Waals surface area contributed by atoms with E-state index in [1.54, 1.807) is 6.92 Å². The van der Waals surface area contributed by atoms with Crippen LogP contribution in [0.5, 0.6) is 0 Å². The van der Waals surface area contributed by atoms with Gasteiger partial charge in [0.1, 0.15) is 6.10 Å². The van der Waals surface area contributed by atoms with Gasteiger partial charge in [0.15, 0.2) is 5.78 Å². The van der Waals surface area contributed by atoms with Crippen LogP contribution in [0.15, 0.2) is 11.1 Å². The molecule has 0 N–H and O–H groups in total. The number of Topliss-reactive ketones (excluding diaryl/α,β-unsaturated/α-hetero) is 1. The molecule has 3 atom stereocenters. The predicted octanol–water partition coefficient (Wildman–Crippen LogP) is 3.44. The molecule has 126 valence electrons. The van der Waals surface area contributed by atoms with E-state index >= 15 is 0 Å². The van der Waals surface area contributed by atoms with Gasteiger partial charge in [-0.1, -0.05) is 13.8 Å². The number of hydrogen-bond acceptors (Lipinski definition) is 3. The van der Waals surface area contributed by atoms with E-state index in [0.29, 0.717) is 11.1 Å². The zero-order valence-electron chi connectivity index (χ0n) is 13.5. The molecule has 0 aliphatic heterocycles. The van der Waals surface area contributed by atoms with E-state index < -0.39 is 35.0 Å². The summed E-state index contributed by atoms with van der Waals surface area (Å²) in [5.74, 6) is -0.0356. The van der Waals surface area contributed by atoms with Gasteiger partial charge in [-0.15, -0.1) is 12.3 Å². The molecule has 3 nitrogen and oxygen atoms in total. The number of ketones is 1. The predicted molar refractivity (Wildman–Crippen MR) is 77.1 cm³/mol. The van der Waals surface area contributed by atoms with Gasteiger partial charge in [0.2, 0.25) is 0 Å². The van der Waals surface area contributed by atoms with Crippen LogP contribution in [0.2, 0.25) is 0 Å². The number of rotatable bonds is 3. The van der Waals surface area contributed by atoms with Gasteiger partial charge in [-0.05, 0) is 24.8 Å². The van der Waals surface area contributed by atoms with Crippen LogP contribution in [-0.4, -0.2) is 24.0 Å². The lowest BCUT2D eigenvalue weighted by Gasteiger charge is -2.18. The molecule has 1 saturated carbocycles. The Labute approximate surface area is 133 Å². The van der Waals surface area contributed by atoms with Gasteiger partial charge in [-0.2, -0.15) is 13.2 Å². The van der Waals surface area contributed by atoms with Gasteiger partial charge in [0.25, 0.3) is 0 Å². The fourth-order valence-electron chi connectivity index (χ4n) is 3.58. The van der Waals surface area contributed by atoms with Crippen LogP contribution in [0.25, 0.3) is 0 Å². The fourth-order valence-corrected chi connectivity index (χ4v) is 3.58. The number of carbonyl (C=O) groups is 2. The summed E-state index contributed by atoms with van der Waals surface area (Å²) >= 11 is 0. The summed E-state index contributed by atoms with van der Waals surface area (Å²) < 4.78 is 45.0. The van der Waals surface area contributed by atoms with Crippen molar-refractivity contribution in [1.29, 1.82) is 0 Å². The first-order chi connectivity index (χ1) is 10.4. The highest BCUT2D eigenvalue weighted by molar-refractivity contribution is 6.00. The first-order valence-electron chi connectivity index (χ1n) is 7.33. The zero-order valence-corrected chi connectivity index (χ0v) is 13.5. The Balaban J connectivity index is 2.17. The minimum atomic E-state index is -4.49. The molecule has 0 aromatic heterocycles. The van der Waals surface area contributed by atoms with Gasteiger partial charge in [-0.25, -0.2) is 0 Å². The third kappa shape index (κ3) is 2.37. The molecule has 6 heteroatoms. The minimum Gasteiger partial charge on any atom is -0.457 e. The number of allylic oxidation sites excluding steroid dienone is 1. The summed E-state index contributed by atoms with van der Waals surface area (Å²) in [6, 6.07) is 0. The second kappa shape index (κ2) is 5.12. The number of ether oxygens (including phenoxy) is 1. The maximum Gasteiger partial charge on any atom is 0.395 e. The van der Waals surface area contributed by atoms with Gasteiger partial charge >= 0.3 is 12.1 Å². The molecule has 0 amide bonds. The van der Waals surface area contributed by atoms with Crippen molar-refractivity contribution in [3.8, 4) is 12.3 Å². The van der Waals surface area contributed by atoms with Crippen molar-refractivity contribution in [2.75, 3.05) is 0 Å². The van der Waals surface area contributed by atoms with Crippen LogP contribution in [0.3, 0.4) is 0 Å². The van der Waals surface area contributed by atoms with E-state index in [4.69, 9.17) is 11.2 Å². The van der Waals surface area contributed by atoms with E-state index in [1.165, 1.54) is 13.8 Å². The SMILES string of the molecule is C#CCC1=C(C)C(OC(=O)C2C(C)(C)C2(C)C(F)(F)F)CC1=O.